The van der Waals surface area contributed by atoms with Gasteiger partial charge in [-0.1, -0.05) is 85.4 Å². The molecule has 0 aliphatic carbocycles. The summed E-state index contributed by atoms with van der Waals surface area (Å²) in [6.07, 6.45) is -0.871. The summed E-state index contributed by atoms with van der Waals surface area (Å²) >= 11 is -2.68. The van der Waals surface area contributed by atoms with Crippen molar-refractivity contribution < 1.29 is 37.7 Å². The van der Waals surface area contributed by atoms with Gasteiger partial charge in [-0.25, -0.2) is 9.00 Å². The van der Waals surface area contributed by atoms with E-state index in [2.05, 4.69) is 11.9 Å². The Labute approximate surface area is 233 Å². The van der Waals surface area contributed by atoms with E-state index in [4.69, 9.17) is 9.47 Å². The molecule has 0 saturated carbocycles. The number of esters is 1. The number of para-hydroxylation sites is 1. The predicted octanol–water partition coefficient (Wildman–Crippen LogP) is 2.19. The molecule has 0 bridgehead atoms. The summed E-state index contributed by atoms with van der Waals surface area (Å²) in [5.74, 6) is -2.05. The van der Waals surface area contributed by atoms with Crippen molar-refractivity contribution in [1.29, 1.82) is 0 Å². The van der Waals surface area contributed by atoms with Crippen molar-refractivity contribution in [1.82, 2.24) is 10.2 Å². The second-order valence-electron chi connectivity index (χ2n) is 8.92. The van der Waals surface area contributed by atoms with E-state index < -0.39 is 65.6 Å². The summed E-state index contributed by atoms with van der Waals surface area (Å²) in [5.41, 5.74) is 1.18. The Bertz CT molecular complexity index is 1330. The number of carbonyl (C=O) groups is 3. The van der Waals surface area contributed by atoms with Gasteiger partial charge in [0.15, 0.2) is 35.2 Å². The molecule has 3 aromatic rings. The van der Waals surface area contributed by atoms with Crippen LogP contribution in [0.25, 0.3) is 0 Å². The highest BCUT2D eigenvalue weighted by Crippen LogP contribution is 2.32. The van der Waals surface area contributed by atoms with Crippen LogP contribution < -0.4 is 10.1 Å². The highest BCUT2D eigenvalue weighted by Gasteiger charge is 2.57. The largest absolute Gasteiger partial charge is 0.484 e. The SMILES string of the molecule is C=C(CO)C(C(=O)OC(c1ccccc1)c1ccccc1)N1C(=O)[C@@H](NC(=O)COc2ccccc2)C1S(=O)O. The van der Waals surface area contributed by atoms with Crippen LogP contribution in [0.1, 0.15) is 17.2 Å². The van der Waals surface area contributed by atoms with Gasteiger partial charge in [-0.3, -0.25) is 9.59 Å². The van der Waals surface area contributed by atoms with E-state index in [0.717, 1.165) is 4.90 Å². The fourth-order valence-electron chi connectivity index (χ4n) is 4.32. The van der Waals surface area contributed by atoms with E-state index in [9.17, 15) is 28.3 Å². The summed E-state index contributed by atoms with van der Waals surface area (Å²) in [6, 6.07) is 23.3. The van der Waals surface area contributed by atoms with Crippen molar-refractivity contribution >= 4 is 28.9 Å². The molecule has 0 spiro atoms. The Morgan fingerprint density at radius 1 is 0.950 bits per heavy atom. The molecule has 1 fully saturated rings. The number of nitrogens with one attached hydrogen (secondary N) is 1. The zero-order chi connectivity index (χ0) is 28.6. The third kappa shape index (κ3) is 6.45. The Morgan fingerprint density at radius 3 is 1.98 bits per heavy atom. The minimum Gasteiger partial charge on any atom is -0.484 e. The molecule has 1 saturated heterocycles. The molecule has 40 heavy (non-hydrogen) atoms. The fraction of sp³-hybridized carbons (Fsp3) is 0.207. The van der Waals surface area contributed by atoms with Crippen LogP contribution in [-0.2, 0) is 30.2 Å². The first kappa shape index (κ1) is 28.7. The lowest BCUT2D eigenvalue weighted by Gasteiger charge is -2.48. The smallest absolute Gasteiger partial charge is 0.334 e. The molecule has 11 heteroatoms. The second-order valence-corrected chi connectivity index (χ2v) is 9.95. The maximum absolute atomic E-state index is 13.6. The van der Waals surface area contributed by atoms with Crippen LogP contribution in [0.15, 0.2) is 103 Å². The van der Waals surface area contributed by atoms with Crippen LogP contribution in [0, 0.1) is 0 Å². The maximum atomic E-state index is 13.6. The number of likely N-dealkylation sites (tertiary alicyclic amines) is 1. The van der Waals surface area contributed by atoms with Gasteiger partial charge in [0.2, 0.25) is 0 Å². The topological polar surface area (TPSA) is 142 Å². The Balaban J connectivity index is 1.53. The quantitative estimate of drug-likeness (QED) is 0.132. The number of rotatable bonds is 12. The first-order valence-electron chi connectivity index (χ1n) is 12.3. The van der Waals surface area contributed by atoms with Crippen molar-refractivity contribution in [2.75, 3.05) is 13.2 Å². The van der Waals surface area contributed by atoms with Crippen LogP contribution in [0.5, 0.6) is 5.75 Å². The van der Waals surface area contributed by atoms with Crippen molar-refractivity contribution in [2.45, 2.75) is 23.6 Å². The lowest BCUT2D eigenvalue weighted by Crippen LogP contribution is -2.75. The first-order valence-corrected chi connectivity index (χ1v) is 13.5. The Morgan fingerprint density at radius 2 is 1.48 bits per heavy atom. The minimum absolute atomic E-state index is 0.120. The van der Waals surface area contributed by atoms with Gasteiger partial charge in [-0.2, -0.15) is 0 Å². The highest BCUT2D eigenvalue weighted by molar-refractivity contribution is 7.80. The van der Waals surface area contributed by atoms with Gasteiger partial charge in [0.25, 0.3) is 11.8 Å². The number of aliphatic hydroxyl groups excluding tert-OH is 1. The molecule has 4 atom stereocenters. The van der Waals surface area contributed by atoms with E-state index in [1.807, 2.05) is 12.1 Å². The van der Waals surface area contributed by atoms with E-state index in [-0.39, 0.29) is 5.57 Å². The number of hydrogen-bond donors (Lipinski definition) is 3. The van der Waals surface area contributed by atoms with Crippen molar-refractivity contribution in [3.8, 4) is 5.75 Å². The third-order valence-electron chi connectivity index (χ3n) is 6.25. The molecule has 3 unspecified atom stereocenters. The molecule has 1 aliphatic rings. The van der Waals surface area contributed by atoms with Gasteiger partial charge in [0.05, 0.1) is 6.61 Å². The summed E-state index contributed by atoms with van der Waals surface area (Å²) in [5, 5.41) is 10.7. The van der Waals surface area contributed by atoms with Crippen LogP contribution in [0.4, 0.5) is 0 Å². The first-order chi connectivity index (χ1) is 19.3. The zero-order valence-corrected chi connectivity index (χ0v) is 22.1. The lowest BCUT2D eigenvalue weighted by atomic mass is 9.98. The third-order valence-corrected chi connectivity index (χ3v) is 7.16. The number of amides is 2. The molecule has 3 aromatic carbocycles. The van der Waals surface area contributed by atoms with Crippen molar-refractivity contribution in [2.24, 2.45) is 0 Å². The van der Waals surface area contributed by atoms with Gasteiger partial charge in [0.1, 0.15) is 11.8 Å². The van der Waals surface area contributed by atoms with Gasteiger partial charge >= 0.3 is 5.97 Å². The number of nitrogens with zero attached hydrogens (tertiary/aromatic N) is 1. The summed E-state index contributed by atoms with van der Waals surface area (Å²) in [4.78, 5) is 40.0. The van der Waals surface area contributed by atoms with Crippen molar-refractivity contribution in [3.63, 3.8) is 0 Å². The van der Waals surface area contributed by atoms with Gasteiger partial charge in [-0.05, 0) is 28.8 Å². The Kier molecular flexibility index (Phi) is 9.43. The van der Waals surface area contributed by atoms with Crippen LogP contribution in [0.3, 0.4) is 0 Å². The lowest BCUT2D eigenvalue weighted by molar-refractivity contribution is -0.165. The zero-order valence-electron chi connectivity index (χ0n) is 21.3. The maximum Gasteiger partial charge on any atom is 0.334 e. The molecule has 2 amide bonds. The molecule has 3 N–H and O–H groups in total. The molecule has 0 aromatic heterocycles. The molecule has 10 nitrogen and oxygen atoms in total. The van der Waals surface area contributed by atoms with E-state index in [1.165, 1.54) is 0 Å². The molecule has 1 aliphatic heterocycles. The standard InChI is InChI=1S/C29H28N2O8S/c1-19(17-32)25(29(35)39-26(20-11-5-2-6-12-20)21-13-7-3-8-14-21)31-27(34)24(28(31)40(36)37)30-23(33)18-38-22-15-9-4-10-16-22/h2-16,24-26,28,32H,1,17-18H2,(H,30,33)(H,36,37)/t24-,25?,28?/m1/s1. The number of ether oxygens (including phenoxy) is 2. The molecular weight excluding hydrogens is 536 g/mol. The second kappa shape index (κ2) is 13.2. The fourth-order valence-corrected chi connectivity index (χ4v) is 5.15. The predicted molar refractivity (Wildman–Crippen MR) is 146 cm³/mol. The number of benzene rings is 3. The summed E-state index contributed by atoms with van der Waals surface area (Å²) in [7, 11) is 0. The molecule has 1 heterocycles. The Hall–Kier alpha value is -4.32. The van der Waals surface area contributed by atoms with Crippen LogP contribution in [0.2, 0.25) is 0 Å². The van der Waals surface area contributed by atoms with E-state index in [1.54, 1.807) is 78.9 Å². The molecule has 0 radical (unpaired) electrons. The number of hydrogen-bond acceptors (Lipinski definition) is 7. The van der Waals surface area contributed by atoms with E-state index in [0.29, 0.717) is 16.9 Å². The monoisotopic (exact) mass is 564 g/mol. The normalized spacial score (nSPS) is 17.9. The number of β-lactam (4-membered cyclic amide) rings is 1. The molecule has 4 rings (SSSR count). The average Bonchev–Trinajstić information content (AvgIpc) is 2.98. The molecule has 208 valence electrons. The van der Waals surface area contributed by atoms with Crippen LogP contribution >= 0.6 is 0 Å². The van der Waals surface area contributed by atoms with E-state index >= 15 is 0 Å². The minimum atomic E-state index is -2.68. The number of carbonyl (C=O) groups excluding carboxylic acids is 3. The van der Waals surface area contributed by atoms with Crippen LogP contribution in [-0.4, -0.2) is 67.2 Å². The average molecular weight is 565 g/mol. The van der Waals surface area contributed by atoms with Gasteiger partial charge in [-0.15, -0.1) is 0 Å². The van der Waals surface area contributed by atoms with Gasteiger partial charge in [0, 0.05) is 0 Å². The summed E-state index contributed by atoms with van der Waals surface area (Å²) < 4.78 is 33.5. The molecular formula is C29H28N2O8S. The van der Waals surface area contributed by atoms with Gasteiger partial charge < -0.3 is 29.3 Å². The highest BCUT2D eigenvalue weighted by atomic mass is 32.2. The summed E-state index contributed by atoms with van der Waals surface area (Å²) in [6.45, 7) is 2.56. The van der Waals surface area contributed by atoms with Crippen molar-refractivity contribution in [3.05, 3.63) is 114 Å². The number of aliphatic hydroxyl groups is 1.